The molecule has 10 heteroatoms. The molecule has 0 N–H and O–H groups in total. The lowest BCUT2D eigenvalue weighted by molar-refractivity contribution is 0.0822. The largest absolute Gasteiger partial charge is 0.529 e. The molecule has 0 aliphatic carbocycles. The number of rotatable bonds is 21. The van der Waals surface area contributed by atoms with Crippen molar-refractivity contribution in [1.82, 2.24) is 9.80 Å². The van der Waals surface area contributed by atoms with Crippen molar-refractivity contribution in [3.8, 4) is 0 Å². The van der Waals surface area contributed by atoms with Crippen LogP contribution in [-0.2, 0) is 22.1 Å². The smallest absolute Gasteiger partial charge is 0.394 e. The topological polar surface area (TPSA) is 52.6 Å². The van der Waals surface area contributed by atoms with Gasteiger partial charge in [0.15, 0.2) is 0 Å². The lowest BCUT2D eigenvalue weighted by Crippen LogP contribution is -2.52. The van der Waals surface area contributed by atoms with Crippen LogP contribution >= 0.6 is 0 Å². The molecule has 0 aromatic carbocycles. The zero-order valence-electron chi connectivity index (χ0n) is 21.3. The van der Waals surface area contributed by atoms with Gasteiger partial charge in [-0.15, -0.1) is 0 Å². The molecule has 0 aromatic heterocycles. The summed E-state index contributed by atoms with van der Waals surface area (Å²) in [4.78, 5) is 5.89. The first-order valence-electron chi connectivity index (χ1n) is 11.9. The van der Waals surface area contributed by atoms with Crippen LogP contribution in [0.15, 0.2) is 11.0 Å². The van der Waals surface area contributed by atoms with Gasteiger partial charge in [-0.05, 0) is 86.9 Å². The van der Waals surface area contributed by atoms with Gasteiger partial charge in [0.05, 0.1) is 9.52 Å². The molecule has 183 valence electrons. The van der Waals surface area contributed by atoms with Crippen molar-refractivity contribution in [2.24, 2.45) is 0 Å². The molecular formula is C21H47N2O5Si3. The summed E-state index contributed by atoms with van der Waals surface area (Å²) in [6.07, 6.45) is 4.28. The molecule has 0 rings (SSSR count). The van der Waals surface area contributed by atoms with E-state index < -0.39 is 18.1 Å². The molecule has 7 nitrogen and oxygen atoms in total. The number of hydrogen-bond acceptors (Lipinski definition) is 7. The van der Waals surface area contributed by atoms with E-state index in [1.54, 1.807) is 0 Å². The van der Waals surface area contributed by atoms with Crippen LogP contribution in [0.5, 0.6) is 0 Å². The molecular weight excluding hydrogens is 444 g/mol. The molecule has 31 heavy (non-hydrogen) atoms. The van der Waals surface area contributed by atoms with Gasteiger partial charge in [-0.3, -0.25) is 0 Å². The van der Waals surface area contributed by atoms with E-state index >= 15 is 0 Å². The second-order valence-corrected chi connectivity index (χ2v) is 12.9. The maximum Gasteiger partial charge on any atom is 0.529 e. The van der Waals surface area contributed by atoms with Crippen molar-refractivity contribution in [3.05, 3.63) is 11.0 Å². The Bertz CT molecular complexity index is 434. The highest BCUT2D eigenvalue weighted by atomic mass is 28.4. The van der Waals surface area contributed by atoms with E-state index in [2.05, 4.69) is 36.9 Å². The summed E-state index contributed by atoms with van der Waals surface area (Å²) in [6, 6.07) is 1.01. The van der Waals surface area contributed by atoms with E-state index in [0.717, 1.165) is 51.5 Å². The van der Waals surface area contributed by atoms with E-state index in [-0.39, 0.29) is 0 Å². The van der Waals surface area contributed by atoms with Crippen LogP contribution in [0.25, 0.3) is 0 Å². The number of hydrogen-bond donors (Lipinski definition) is 0. The van der Waals surface area contributed by atoms with Crippen molar-refractivity contribution >= 4 is 27.6 Å². The first kappa shape index (κ1) is 31.0. The first-order valence-corrected chi connectivity index (χ1v) is 16.3. The van der Waals surface area contributed by atoms with Crippen LogP contribution in [0.3, 0.4) is 0 Å². The average Bonchev–Trinajstić information content (AvgIpc) is 2.74. The van der Waals surface area contributed by atoms with Gasteiger partial charge >= 0.3 is 18.1 Å². The van der Waals surface area contributed by atoms with E-state index in [9.17, 15) is 0 Å². The third-order valence-electron chi connectivity index (χ3n) is 4.53. The van der Waals surface area contributed by atoms with Crippen LogP contribution in [0, 0.1) is 0 Å². The Labute approximate surface area is 197 Å². The highest BCUT2D eigenvalue weighted by Crippen LogP contribution is 2.21. The van der Waals surface area contributed by atoms with E-state index in [1.165, 1.54) is 4.82 Å². The van der Waals surface area contributed by atoms with Gasteiger partial charge < -0.3 is 31.9 Å². The Balaban J connectivity index is 5.19. The van der Waals surface area contributed by atoms with Gasteiger partial charge in [-0.25, -0.2) is 0 Å². The summed E-state index contributed by atoms with van der Waals surface area (Å²) in [5.74, 6) is 0. The third kappa shape index (κ3) is 12.7. The van der Waals surface area contributed by atoms with E-state index in [0.29, 0.717) is 29.3 Å². The highest BCUT2D eigenvalue weighted by Gasteiger charge is 2.45. The molecule has 0 aliphatic rings. The normalized spacial score (nSPS) is 12.9. The maximum atomic E-state index is 6.22. The SMILES string of the molecule is CCO[Si](CCCN(C)C[Si]C(=CN(CC)CC)[Si](OCC)(OCC)OCC)OCC. The molecule has 0 saturated heterocycles. The molecule has 0 aromatic rings. The summed E-state index contributed by atoms with van der Waals surface area (Å²) >= 11 is 0. The zero-order chi connectivity index (χ0) is 23.5. The molecule has 0 unspecified atom stereocenters. The molecule has 0 aliphatic heterocycles. The van der Waals surface area contributed by atoms with Gasteiger partial charge in [0.2, 0.25) is 0 Å². The fraction of sp³-hybridized carbons (Fsp3) is 0.905. The predicted molar refractivity (Wildman–Crippen MR) is 133 cm³/mol. The molecule has 0 bridgehead atoms. The van der Waals surface area contributed by atoms with Crippen molar-refractivity contribution in [2.45, 2.75) is 60.9 Å². The van der Waals surface area contributed by atoms with Crippen molar-refractivity contribution in [1.29, 1.82) is 0 Å². The summed E-state index contributed by atoms with van der Waals surface area (Å²) in [5, 5.41) is 0. The van der Waals surface area contributed by atoms with Crippen LogP contribution in [-0.4, -0.2) is 103 Å². The molecule has 3 radical (unpaired) electrons. The molecule has 0 fully saturated rings. The summed E-state index contributed by atoms with van der Waals surface area (Å²) in [6.45, 7) is 20.6. The Morgan fingerprint density at radius 1 is 0.839 bits per heavy atom. The van der Waals surface area contributed by atoms with E-state index in [4.69, 9.17) is 22.1 Å². The predicted octanol–water partition coefficient (Wildman–Crippen LogP) is 3.30. The van der Waals surface area contributed by atoms with Crippen molar-refractivity contribution in [3.63, 3.8) is 0 Å². The molecule has 0 atom stereocenters. The molecule has 0 heterocycles. The minimum Gasteiger partial charge on any atom is -0.394 e. The van der Waals surface area contributed by atoms with Crippen molar-refractivity contribution < 1.29 is 22.1 Å². The number of nitrogens with zero attached hydrogens (tertiary/aromatic N) is 2. The Hall–Kier alpha value is -0.0494. The highest BCUT2D eigenvalue weighted by molar-refractivity contribution is 6.83. The Morgan fingerprint density at radius 2 is 1.35 bits per heavy atom. The van der Waals surface area contributed by atoms with Gasteiger partial charge in [0.1, 0.15) is 0 Å². The molecule has 0 saturated carbocycles. The minimum atomic E-state index is -2.89. The fourth-order valence-electron chi connectivity index (χ4n) is 3.05. The maximum absolute atomic E-state index is 6.22. The van der Waals surface area contributed by atoms with Crippen LogP contribution in [0.4, 0.5) is 0 Å². The van der Waals surface area contributed by atoms with Crippen LogP contribution in [0.1, 0.15) is 54.9 Å². The summed E-state index contributed by atoms with van der Waals surface area (Å²) in [5.41, 5.74) is 0. The van der Waals surface area contributed by atoms with Gasteiger partial charge in [0, 0.05) is 50.9 Å². The second-order valence-electron chi connectivity index (χ2n) is 6.88. The van der Waals surface area contributed by atoms with E-state index in [1.807, 2.05) is 34.6 Å². The Morgan fingerprint density at radius 3 is 1.77 bits per heavy atom. The average molecular weight is 492 g/mol. The monoisotopic (exact) mass is 491 g/mol. The van der Waals surface area contributed by atoms with Gasteiger partial charge in [0.25, 0.3) is 0 Å². The van der Waals surface area contributed by atoms with Crippen LogP contribution in [0.2, 0.25) is 6.04 Å². The van der Waals surface area contributed by atoms with Crippen molar-refractivity contribution in [2.75, 3.05) is 65.9 Å². The zero-order valence-corrected chi connectivity index (χ0v) is 24.3. The lowest BCUT2D eigenvalue weighted by Gasteiger charge is -2.32. The first-order chi connectivity index (χ1) is 15.0. The lowest BCUT2D eigenvalue weighted by atomic mass is 10.5. The van der Waals surface area contributed by atoms with Gasteiger partial charge in [-0.1, -0.05) is 0 Å². The second kappa shape index (κ2) is 19.4. The Kier molecular flexibility index (Phi) is 19.4. The quantitative estimate of drug-likeness (QED) is 0.228. The molecule has 0 spiro atoms. The minimum absolute atomic E-state index is 0.568. The fourth-order valence-corrected chi connectivity index (χ4v) is 9.34. The van der Waals surface area contributed by atoms with Crippen LogP contribution < -0.4 is 0 Å². The standard InChI is InChI=1S/C21H47N2O5Si3/c1-9-23(10-2)19-21(31(26-13-5,27-14-6)28-15-7)29-20-22(8)17-16-18-30(24-11-3)25-12-4/h19H,9-18,20H2,1-8H3. The van der Waals surface area contributed by atoms with Gasteiger partial charge in [-0.2, -0.15) is 0 Å². The molecule has 0 amide bonds. The summed E-state index contributed by atoms with van der Waals surface area (Å²) in [7, 11) is -1.27. The summed E-state index contributed by atoms with van der Waals surface area (Å²) < 4.78 is 30.2. The third-order valence-corrected chi connectivity index (χ3v) is 12.0.